The Morgan fingerprint density at radius 1 is 1.56 bits per heavy atom. The normalized spacial score (nSPS) is 23.4. The molecule has 1 saturated carbocycles. The van der Waals surface area contributed by atoms with Crippen LogP contribution in [0, 0.1) is 0 Å². The molecular weight excluding hydrogens is 272 g/mol. The molecule has 2 unspecified atom stereocenters. The van der Waals surface area contributed by atoms with E-state index in [0.29, 0.717) is 16.4 Å². The molecule has 1 heterocycles. The zero-order valence-corrected chi connectivity index (χ0v) is 11.8. The second-order valence-electron chi connectivity index (χ2n) is 4.08. The van der Waals surface area contributed by atoms with Crippen molar-refractivity contribution >= 4 is 29.5 Å². The number of nitrogens with zero attached hydrogens (tertiary/aromatic N) is 4. The maximum Gasteiger partial charge on any atom is 0.313 e. The van der Waals surface area contributed by atoms with Gasteiger partial charge in [0.25, 0.3) is 0 Å². The van der Waals surface area contributed by atoms with Crippen LogP contribution in [0.3, 0.4) is 0 Å². The number of rotatable bonds is 6. The minimum absolute atomic E-state index is 0.00131. The van der Waals surface area contributed by atoms with Crippen molar-refractivity contribution < 1.29 is 9.90 Å². The van der Waals surface area contributed by atoms with Gasteiger partial charge in [-0.25, -0.2) is 4.68 Å². The summed E-state index contributed by atoms with van der Waals surface area (Å²) in [5.41, 5.74) is 0. The topological polar surface area (TPSA) is 80.9 Å². The molecule has 1 aromatic heterocycles. The van der Waals surface area contributed by atoms with Crippen molar-refractivity contribution in [1.29, 1.82) is 0 Å². The molecule has 0 bridgehead atoms. The molecule has 1 aliphatic rings. The van der Waals surface area contributed by atoms with E-state index in [-0.39, 0.29) is 5.75 Å². The van der Waals surface area contributed by atoms with Gasteiger partial charge in [0.2, 0.25) is 5.16 Å². The second kappa shape index (κ2) is 6.42. The van der Waals surface area contributed by atoms with E-state index in [1.54, 1.807) is 0 Å². The Balaban J connectivity index is 2.07. The first-order chi connectivity index (χ1) is 8.72. The van der Waals surface area contributed by atoms with Gasteiger partial charge < -0.3 is 5.11 Å². The third kappa shape index (κ3) is 3.17. The lowest BCUT2D eigenvalue weighted by atomic mass is 10.2. The van der Waals surface area contributed by atoms with E-state index in [2.05, 4.69) is 22.4 Å². The molecule has 0 aromatic carbocycles. The highest BCUT2D eigenvalue weighted by atomic mass is 32.2. The van der Waals surface area contributed by atoms with Crippen molar-refractivity contribution in [3.63, 3.8) is 0 Å². The van der Waals surface area contributed by atoms with Crippen LogP contribution in [0.25, 0.3) is 0 Å². The minimum atomic E-state index is -0.847. The highest BCUT2D eigenvalue weighted by Crippen LogP contribution is 2.39. The van der Waals surface area contributed by atoms with Gasteiger partial charge in [-0.15, -0.1) is 5.10 Å². The van der Waals surface area contributed by atoms with Gasteiger partial charge in [-0.2, -0.15) is 11.8 Å². The fourth-order valence-electron chi connectivity index (χ4n) is 2.21. The number of thioether (sulfide) groups is 2. The molecule has 1 aromatic rings. The van der Waals surface area contributed by atoms with Gasteiger partial charge in [0, 0.05) is 5.25 Å². The van der Waals surface area contributed by atoms with Crippen LogP contribution in [0.15, 0.2) is 5.16 Å². The maximum absolute atomic E-state index is 10.6. The maximum atomic E-state index is 10.6. The smallest absolute Gasteiger partial charge is 0.313 e. The van der Waals surface area contributed by atoms with E-state index in [1.807, 2.05) is 16.4 Å². The highest BCUT2D eigenvalue weighted by Gasteiger charge is 2.31. The molecular formula is C10H16N4O2S2. The van der Waals surface area contributed by atoms with Crippen molar-refractivity contribution in [3.05, 3.63) is 0 Å². The van der Waals surface area contributed by atoms with Crippen molar-refractivity contribution in [2.24, 2.45) is 0 Å². The summed E-state index contributed by atoms with van der Waals surface area (Å²) < 4.78 is 1.81. The van der Waals surface area contributed by atoms with Crippen LogP contribution in [-0.2, 0) is 4.79 Å². The van der Waals surface area contributed by atoms with Gasteiger partial charge >= 0.3 is 5.97 Å². The molecule has 2 atom stereocenters. The highest BCUT2D eigenvalue weighted by molar-refractivity contribution is 8.00. The average Bonchev–Trinajstić information content (AvgIpc) is 2.94. The SMILES string of the molecule is CCSC1CCCC1n1nnnc1SCC(=O)O. The molecule has 8 heteroatoms. The van der Waals surface area contributed by atoms with E-state index in [9.17, 15) is 4.79 Å². The molecule has 1 N–H and O–H groups in total. The van der Waals surface area contributed by atoms with Crippen molar-refractivity contribution in [1.82, 2.24) is 20.2 Å². The average molecular weight is 288 g/mol. The Labute approximate surface area is 114 Å². The fraction of sp³-hybridized carbons (Fsp3) is 0.800. The quantitative estimate of drug-likeness (QED) is 0.798. The monoisotopic (exact) mass is 288 g/mol. The molecule has 2 rings (SSSR count). The molecule has 18 heavy (non-hydrogen) atoms. The summed E-state index contributed by atoms with van der Waals surface area (Å²) in [6, 6.07) is 0.307. The van der Waals surface area contributed by atoms with Crippen LogP contribution in [-0.4, -0.2) is 48.0 Å². The third-order valence-electron chi connectivity index (χ3n) is 2.90. The van der Waals surface area contributed by atoms with Crippen molar-refractivity contribution in [2.75, 3.05) is 11.5 Å². The summed E-state index contributed by atoms with van der Waals surface area (Å²) in [5.74, 6) is 0.236. The van der Waals surface area contributed by atoms with Gasteiger partial charge in [-0.05, 0) is 29.0 Å². The first-order valence-electron chi connectivity index (χ1n) is 5.96. The van der Waals surface area contributed by atoms with Crippen molar-refractivity contribution in [2.45, 2.75) is 42.6 Å². The summed E-state index contributed by atoms with van der Waals surface area (Å²) in [6.45, 7) is 2.15. The molecule has 1 aliphatic carbocycles. The number of hydrogen-bond acceptors (Lipinski definition) is 6. The van der Waals surface area contributed by atoms with Gasteiger partial charge in [-0.3, -0.25) is 4.79 Å². The lowest BCUT2D eigenvalue weighted by molar-refractivity contribution is -0.133. The molecule has 0 amide bonds. The van der Waals surface area contributed by atoms with Crippen LogP contribution in [0.1, 0.15) is 32.2 Å². The van der Waals surface area contributed by atoms with Gasteiger partial charge in [0.15, 0.2) is 0 Å². The lowest BCUT2D eigenvalue weighted by Crippen LogP contribution is -2.19. The third-order valence-corrected chi connectivity index (χ3v) is 5.13. The van der Waals surface area contributed by atoms with Crippen LogP contribution < -0.4 is 0 Å². The summed E-state index contributed by atoms with van der Waals surface area (Å²) in [4.78, 5) is 10.6. The summed E-state index contributed by atoms with van der Waals surface area (Å²) in [7, 11) is 0. The van der Waals surface area contributed by atoms with E-state index >= 15 is 0 Å². The van der Waals surface area contributed by atoms with Crippen LogP contribution in [0.4, 0.5) is 0 Å². The predicted molar refractivity (Wildman–Crippen MR) is 71.0 cm³/mol. The largest absolute Gasteiger partial charge is 0.481 e. The zero-order chi connectivity index (χ0) is 13.0. The van der Waals surface area contributed by atoms with E-state index in [4.69, 9.17) is 5.11 Å². The number of tetrazole rings is 1. The number of carboxylic acid groups (broad SMARTS) is 1. The fourth-order valence-corrected chi connectivity index (χ4v) is 4.10. The molecule has 0 saturated heterocycles. The molecule has 0 radical (unpaired) electrons. The molecule has 100 valence electrons. The molecule has 6 nitrogen and oxygen atoms in total. The van der Waals surface area contributed by atoms with E-state index in [1.165, 1.54) is 24.6 Å². The Morgan fingerprint density at radius 2 is 2.39 bits per heavy atom. The predicted octanol–water partition coefficient (Wildman–Crippen LogP) is 1.70. The van der Waals surface area contributed by atoms with E-state index in [0.717, 1.165) is 12.2 Å². The summed E-state index contributed by atoms with van der Waals surface area (Å²) in [6.07, 6.45) is 3.45. The number of aliphatic carboxylic acids is 1. The van der Waals surface area contributed by atoms with E-state index < -0.39 is 5.97 Å². The first-order valence-corrected chi connectivity index (χ1v) is 8.00. The van der Waals surface area contributed by atoms with Gasteiger partial charge in [0.1, 0.15) is 0 Å². The number of hydrogen-bond donors (Lipinski definition) is 1. The minimum Gasteiger partial charge on any atom is -0.481 e. The molecule has 0 spiro atoms. The van der Waals surface area contributed by atoms with Gasteiger partial charge in [0.05, 0.1) is 11.8 Å². The van der Waals surface area contributed by atoms with Crippen LogP contribution >= 0.6 is 23.5 Å². The number of carboxylic acids is 1. The lowest BCUT2D eigenvalue weighted by Gasteiger charge is -2.19. The summed E-state index contributed by atoms with van der Waals surface area (Å²) in [5, 5.41) is 21.5. The Bertz CT molecular complexity index is 412. The molecule has 0 aliphatic heterocycles. The van der Waals surface area contributed by atoms with Crippen molar-refractivity contribution in [3.8, 4) is 0 Å². The Hall–Kier alpha value is -0.760. The zero-order valence-electron chi connectivity index (χ0n) is 10.2. The summed E-state index contributed by atoms with van der Waals surface area (Å²) >= 11 is 3.12. The number of aromatic nitrogens is 4. The van der Waals surface area contributed by atoms with Crippen LogP contribution in [0.2, 0.25) is 0 Å². The van der Waals surface area contributed by atoms with Gasteiger partial charge in [-0.1, -0.05) is 25.1 Å². The first kappa shape index (κ1) is 13.7. The van der Waals surface area contributed by atoms with Crippen LogP contribution in [0.5, 0.6) is 0 Å². The number of carbonyl (C=O) groups is 1. The second-order valence-corrected chi connectivity index (χ2v) is 6.54. The standard InChI is InChI=1S/C10H16N4O2S2/c1-2-17-8-5-3-4-7(8)14-10(11-12-13-14)18-6-9(15)16/h7-8H,2-6H2,1H3,(H,15,16). The Kier molecular flexibility index (Phi) is 4.87. The Morgan fingerprint density at radius 3 is 3.11 bits per heavy atom. The molecule has 1 fully saturated rings.